The topological polar surface area (TPSA) is 70.0 Å². The average molecular weight is 265 g/mol. The summed E-state index contributed by atoms with van der Waals surface area (Å²) in [5, 5.41) is 17.9. The number of aliphatic hydroxyl groups excluding tert-OH is 2. The average Bonchev–Trinajstić information content (AvgIpc) is 2.46. The first-order valence-corrected chi connectivity index (χ1v) is 6.47. The molecule has 1 amide bonds. The standard InChI is InChI=1S/C14H19NO4/c16-7-5-15(6-8-17)14(18)12-9-11-3-1-2-4-13(11)19-10-12/h1-4,12,16-17H,5-10H2. The van der Waals surface area contributed by atoms with Gasteiger partial charge in [0.15, 0.2) is 0 Å². The van der Waals surface area contributed by atoms with Crippen LogP contribution in [0.3, 0.4) is 0 Å². The van der Waals surface area contributed by atoms with Crippen LogP contribution >= 0.6 is 0 Å². The van der Waals surface area contributed by atoms with Gasteiger partial charge < -0.3 is 19.8 Å². The Morgan fingerprint density at radius 2 is 1.95 bits per heavy atom. The van der Waals surface area contributed by atoms with Gasteiger partial charge in [-0.15, -0.1) is 0 Å². The van der Waals surface area contributed by atoms with Crippen molar-refractivity contribution in [3.63, 3.8) is 0 Å². The number of carbonyl (C=O) groups excluding carboxylic acids is 1. The molecule has 1 aromatic rings. The Balaban J connectivity index is 2.04. The minimum absolute atomic E-state index is 0.0717. The zero-order valence-electron chi connectivity index (χ0n) is 10.8. The van der Waals surface area contributed by atoms with Crippen molar-refractivity contribution < 1.29 is 19.7 Å². The molecule has 2 rings (SSSR count). The first-order valence-electron chi connectivity index (χ1n) is 6.47. The number of carbonyl (C=O) groups is 1. The highest BCUT2D eigenvalue weighted by molar-refractivity contribution is 5.79. The normalized spacial score (nSPS) is 17.5. The van der Waals surface area contributed by atoms with Gasteiger partial charge >= 0.3 is 0 Å². The molecule has 0 saturated heterocycles. The number of rotatable bonds is 5. The molecule has 0 aliphatic carbocycles. The van der Waals surface area contributed by atoms with Gasteiger partial charge in [0.25, 0.3) is 0 Å². The Bertz CT molecular complexity index is 429. The molecular weight excluding hydrogens is 246 g/mol. The first kappa shape index (κ1) is 13.8. The maximum atomic E-state index is 12.3. The van der Waals surface area contributed by atoms with Crippen molar-refractivity contribution in [2.45, 2.75) is 6.42 Å². The van der Waals surface area contributed by atoms with Crippen molar-refractivity contribution in [3.8, 4) is 5.75 Å². The molecule has 1 atom stereocenters. The maximum Gasteiger partial charge on any atom is 0.229 e. The van der Waals surface area contributed by atoms with Gasteiger partial charge in [0.2, 0.25) is 5.91 Å². The summed E-state index contributed by atoms with van der Waals surface area (Å²) in [6.45, 7) is 0.643. The number of amides is 1. The quantitative estimate of drug-likeness (QED) is 0.789. The molecule has 19 heavy (non-hydrogen) atoms. The number of hydrogen-bond donors (Lipinski definition) is 2. The number of fused-ring (bicyclic) bond motifs is 1. The van der Waals surface area contributed by atoms with Crippen LogP contribution in [0.4, 0.5) is 0 Å². The molecule has 104 valence electrons. The van der Waals surface area contributed by atoms with Gasteiger partial charge in [-0.05, 0) is 18.1 Å². The zero-order valence-corrected chi connectivity index (χ0v) is 10.8. The number of aliphatic hydroxyl groups is 2. The predicted molar refractivity (Wildman–Crippen MR) is 69.9 cm³/mol. The summed E-state index contributed by atoms with van der Waals surface area (Å²) < 4.78 is 5.59. The SMILES string of the molecule is O=C(C1COc2ccccc2C1)N(CCO)CCO. The zero-order chi connectivity index (χ0) is 13.7. The van der Waals surface area contributed by atoms with Crippen LogP contribution in [0, 0.1) is 5.92 Å². The van der Waals surface area contributed by atoms with E-state index in [2.05, 4.69) is 0 Å². The molecule has 2 N–H and O–H groups in total. The van der Waals surface area contributed by atoms with Gasteiger partial charge in [-0.2, -0.15) is 0 Å². The molecule has 5 nitrogen and oxygen atoms in total. The molecule has 0 fully saturated rings. The van der Waals surface area contributed by atoms with Crippen molar-refractivity contribution in [2.24, 2.45) is 5.92 Å². The third-order valence-corrected chi connectivity index (χ3v) is 3.28. The summed E-state index contributed by atoms with van der Waals surface area (Å²) in [7, 11) is 0. The van der Waals surface area contributed by atoms with Crippen LogP contribution < -0.4 is 4.74 Å². The maximum absolute atomic E-state index is 12.3. The van der Waals surface area contributed by atoms with E-state index in [4.69, 9.17) is 14.9 Å². The highest BCUT2D eigenvalue weighted by Crippen LogP contribution is 2.27. The van der Waals surface area contributed by atoms with Crippen LogP contribution in [0.2, 0.25) is 0 Å². The van der Waals surface area contributed by atoms with Gasteiger partial charge in [0.05, 0.1) is 19.1 Å². The van der Waals surface area contributed by atoms with Crippen LogP contribution in [0.15, 0.2) is 24.3 Å². The Morgan fingerprint density at radius 3 is 2.63 bits per heavy atom. The van der Waals surface area contributed by atoms with Crippen LogP contribution in [0.25, 0.3) is 0 Å². The molecule has 1 aromatic carbocycles. The van der Waals surface area contributed by atoms with Crippen LogP contribution in [-0.4, -0.2) is 53.9 Å². The van der Waals surface area contributed by atoms with Crippen molar-refractivity contribution >= 4 is 5.91 Å². The van der Waals surface area contributed by atoms with Gasteiger partial charge in [0, 0.05) is 13.1 Å². The van der Waals surface area contributed by atoms with E-state index in [9.17, 15) is 4.79 Å². The summed E-state index contributed by atoms with van der Waals surface area (Å²) in [5.74, 6) is 0.521. The number of ether oxygens (including phenoxy) is 1. The van der Waals surface area contributed by atoms with Gasteiger partial charge in [-0.25, -0.2) is 0 Å². The lowest BCUT2D eigenvalue weighted by molar-refractivity contribution is -0.138. The Hall–Kier alpha value is -1.59. The minimum Gasteiger partial charge on any atom is -0.492 e. The second-order valence-corrected chi connectivity index (χ2v) is 4.59. The van der Waals surface area contributed by atoms with Crippen molar-refractivity contribution in [1.82, 2.24) is 4.90 Å². The summed E-state index contributed by atoms with van der Waals surface area (Å²) in [6.07, 6.45) is 0.641. The number of nitrogens with zero attached hydrogens (tertiary/aromatic N) is 1. The highest BCUT2D eigenvalue weighted by atomic mass is 16.5. The van der Waals surface area contributed by atoms with Gasteiger partial charge in [-0.1, -0.05) is 18.2 Å². The second-order valence-electron chi connectivity index (χ2n) is 4.59. The highest BCUT2D eigenvalue weighted by Gasteiger charge is 2.28. The summed E-state index contributed by atoms with van der Waals surface area (Å²) >= 11 is 0. The minimum atomic E-state index is -0.243. The fraction of sp³-hybridized carbons (Fsp3) is 0.500. The molecule has 1 heterocycles. The summed E-state index contributed by atoms with van der Waals surface area (Å²) in [4.78, 5) is 13.8. The fourth-order valence-corrected chi connectivity index (χ4v) is 2.32. The second kappa shape index (κ2) is 6.54. The Labute approximate surface area is 112 Å². The molecular formula is C14H19NO4. The largest absolute Gasteiger partial charge is 0.492 e. The van der Waals surface area contributed by atoms with E-state index in [1.54, 1.807) is 0 Å². The van der Waals surface area contributed by atoms with E-state index in [0.29, 0.717) is 13.0 Å². The lowest BCUT2D eigenvalue weighted by atomic mass is 9.95. The van der Waals surface area contributed by atoms with Crippen molar-refractivity contribution in [3.05, 3.63) is 29.8 Å². The Morgan fingerprint density at radius 1 is 1.26 bits per heavy atom. The van der Waals surface area contributed by atoms with E-state index in [1.807, 2.05) is 24.3 Å². The van der Waals surface area contributed by atoms with Gasteiger partial charge in [0.1, 0.15) is 12.4 Å². The smallest absolute Gasteiger partial charge is 0.229 e. The number of benzene rings is 1. The third kappa shape index (κ3) is 3.24. The fourth-order valence-electron chi connectivity index (χ4n) is 2.32. The molecule has 0 radical (unpaired) electrons. The molecule has 1 unspecified atom stereocenters. The van der Waals surface area contributed by atoms with Crippen molar-refractivity contribution in [2.75, 3.05) is 32.9 Å². The van der Waals surface area contributed by atoms with Crippen LogP contribution in [0.5, 0.6) is 5.75 Å². The van der Waals surface area contributed by atoms with Gasteiger partial charge in [-0.3, -0.25) is 4.79 Å². The third-order valence-electron chi connectivity index (χ3n) is 3.28. The first-order chi connectivity index (χ1) is 9.26. The summed E-state index contributed by atoms with van der Waals surface area (Å²) in [5.41, 5.74) is 1.03. The molecule has 1 aliphatic heterocycles. The monoisotopic (exact) mass is 265 g/mol. The molecule has 0 saturated carbocycles. The Kier molecular flexibility index (Phi) is 4.76. The number of para-hydroxylation sites is 1. The van der Waals surface area contributed by atoms with E-state index >= 15 is 0 Å². The van der Waals surface area contributed by atoms with Crippen LogP contribution in [0.1, 0.15) is 5.56 Å². The lowest BCUT2D eigenvalue weighted by Gasteiger charge is -2.29. The lowest BCUT2D eigenvalue weighted by Crippen LogP contribution is -2.43. The molecule has 0 aromatic heterocycles. The van der Waals surface area contributed by atoms with E-state index in [1.165, 1.54) is 4.90 Å². The number of hydrogen-bond acceptors (Lipinski definition) is 4. The van der Waals surface area contributed by atoms with E-state index in [-0.39, 0.29) is 38.1 Å². The summed E-state index contributed by atoms with van der Waals surface area (Å²) in [6, 6.07) is 7.69. The predicted octanol–water partition coefficient (Wildman–Crippen LogP) is 0.0509. The van der Waals surface area contributed by atoms with E-state index < -0.39 is 0 Å². The molecule has 0 spiro atoms. The van der Waals surface area contributed by atoms with Crippen LogP contribution in [-0.2, 0) is 11.2 Å². The molecule has 1 aliphatic rings. The van der Waals surface area contributed by atoms with Crippen molar-refractivity contribution in [1.29, 1.82) is 0 Å². The molecule has 5 heteroatoms. The van der Waals surface area contributed by atoms with E-state index in [0.717, 1.165) is 11.3 Å². The molecule has 0 bridgehead atoms.